The van der Waals surface area contributed by atoms with Crippen LogP contribution in [0.3, 0.4) is 0 Å². The molecule has 1 aliphatic rings. The molecule has 0 atom stereocenters. The van der Waals surface area contributed by atoms with Gasteiger partial charge in [0.2, 0.25) is 0 Å². The lowest BCUT2D eigenvalue weighted by atomic mass is 9.87. The summed E-state index contributed by atoms with van der Waals surface area (Å²) in [5, 5.41) is 0. The molecule has 4 rings (SSSR count). The highest BCUT2D eigenvalue weighted by molar-refractivity contribution is 6.57. The lowest BCUT2D eigenvalue weighted by Crippen LogP contribution is -2.23. The number of hydrogen-bond acceptors (Lipinski definition) is 3. The molecule has 0 N–H and O–H groups in total. The normalized spacial score (nSPS) is 14.9. The zero-order valence-corrected chi connectivity index (χ0v) is 19.0. The Morgan fingerprint density at radius 1 is 0.812 bits per heavy atom. The van der Waals surface area contributed by atoms with E-state index in [0.717, 1.165) is 45.0 Å². The summed E-state index contributed by atoms with van der Waals surface area (Å²) in [6.45, 7) is 8.64. The van der Waals surface area contributed by atoms with Gasteiger partial charge in [0, 0.05) is 36.2 Å². The van der Waals surface area contributed by atoms with E-state index in [2.05, 4.69) is 54.7 Å². The molecule has 2 heterocycles. The molecule has 0 unspecified atom stereocenters. The SMILES string of the molecule is C=C1C(=NC)C(c2ccccc2)=NC(/C=C/c2ccncc2)=C1c1ccccc1.CCC. The average molecular weight is 420 g/mol. The van der Waals surface area contributed by atoms with Crippen molar-refractivity contribution in [2.24, 2.45) is 9.98 Å². The third-order valence-electron chi connectivity index (χ3n) is 4.77. The van der Waals surface area contributed by atoms with Crippen LogP contribution in [0.1, 0.15) is 37.0 Å². The first-order chi connectivity index (χ1) is 15.7. The van der Waals surface area contributed by atoms with E-state index in [1.807, 2.05) is 60.7 Å². The number of rotatable bonds is 4. The molecule has 0 amide bonds. The van der Waals surface area contributed by atoms with Crippen LogP contribution < -0.4 is 0 Å². The number of benzene rings is 2. The molecule has 3 heteroatoms. The first-order valence-electron chi connectivity index (χ1n) is 10.9. The molecule has 0 saturated heterocycles. The summed E-state index contributed by atoms with van der Waals surface area (Å²) in [6.07, 6.45) is 8.91. The van der Waals surface area contributed by atoms with Gasteiger partial charge in [0.05, 0.1) is 17.1 Å². The summed E-state index contributed by atoms with van der Waals surface area (Å²) in [7, 11) is 1.79. The van der Waals surface area contributed by atoms with E-state index in [-0.39, 0.29) is 0 Å². The van der Waals surface area contributed by atoms with Gasteiger partial charge in [0.25, 0.3) is 0 Å². The van der Waals surface area contributed by atoms with Gasteiger partial charge in [-0.3, -0.25) is 9.98 Å². The van der Waals surface area contributed by atoms with E-state index in [0.29, 0.717) is 0 Å². The fourth-order valence-electron chi connectivity index (χ4n) is 3.38. The maximum atomic E-state index is 5.03. The van der Waals surface area contributed by atoms with Crippen molar-refractivity contribution in [3.63, 3.8) is 0 Å². The lowest BCUT2D eigenvalue weighted by molar-refractivity contribution is 1.09. The molecule has 1 aliphatic heterocycles. The standard InChI is InChI=1S/C26H21N3.C3H8/c1-19-24(21-9-5-3-6-10-21)23(14-13-20-15-17-28-18-16-20)29-26(25(19)27-2)22-11-7-4-8-12-22;1-3-2/h3-18H,1H2,2H3;3H2,1-2H3/b14-13+,27-25?;. The van der Waals surface area contributed by atoms with E-state index < -0.39 is 0 Å². The molecular weight excluding hydrogens is 390 g/mol. The summed E-state index contributed by atoms with van der Waals surface area (Å²) in [6, 6.07) is 24.3. The second kappa shape index (κ2) is 11.5. The van der Waals surface area contributed by atoms with Crippen molar-refractivity contribution in [2.75, 3.05) is 7.05 Å². The van der Waals surface area contributed by atoms with Gasteiger partial charge >= 0.3 is 0 Å². The highest BCUT2D eigenvalue weighted by Gasteiger charge is 2.25. The maximum Gasteiger partial charge on any atom is 0.0967 e. The minimum atomic E-state index is 0.816. The Morgan fingerprint density at radius 2 is 1.38 bits per heavy atom. The number of hydrogen-bond donors (Lipinski definition) is 0. The summed E-state index contributed by atoms with van der Waals surface area (Å²) in [5.74, 6) is 0. The van der Waals surface area contributed by atoms with Gasteiger partial charge in [0.15, 0.2) is 0 Å². The van der Waals surface area contributed by atoms with E-state index >= 15 is 0 Å². The van der Waals surface area contributed by atoms with Crippen molar-refractivity contribution in [1.29, 1.82) is 0 Å². The van der Waals surface area contributed by atoms with Gasteiger partial charge in [-0.25, -0.2) is 4.99 Å². The molecule has 2 aromatic carbocycles. The Kier molecular flexibility index (Phi) is 8.22. The largest absolute Gasteiger partial charge is 0.286 e. The van der Waals surface area contributed by atoms with Crippen molar-refractivity contribution in [2.45, 2.75) is 20.3 Å². The summed E-state index contributed by atoms with van der Waals surface area (Å²) in [5.41, 5.74) is 7.56. The summed E-state index contributed by atoms with van der Waals surface area (Å²) < 4.78 is 0. The fraction of sp³-hybridized carbons (Fsp3) is 0.138. The molecule has 0 bridgehead atoms. The van der Waals surface area contributed by atoms with Gasteiger partial charge < -0.3 is 0 Å². The molecule has 0 fully saturated rings. The number of aromatic nitrogens is 1. The first-order valence-corrected chi connectivity index (χ1v) is 10.9. The second-order valence-electron chi connectivity index (χ2n) is 7.32. The summed E-state index contributed by atoms with van der Waals surface area (Å²) in [4.78, 5) is 13.6. The minimum Gasteiger partial charge on any atom is -0.286 e. The quantitative estimate of drug-likeness (QED) is 0.446. The molecule has 0 aliphatic carbocycles. The Labute approximate surface area is 191 Å². The van der Waals surface area contributed by atoms with Gasteiger partial charge in [-0.2, -0.15) is 0 Å². The predicted octanol–water partition coefficient (Wildman–Crippen LogP) is 7.05. The van der Waals surface area contributed by atoms with Crippen LogP contribution >= 0.6 is 0 Å². The molecular formula is C29H29N3. The maximum absolute atomic E-state index is 5.03. The van der Waals surface area contributed by atoms with E-state index in [4.69, 9.17) is 4.99 Å². The molecule has 3 nitrogen and oxygen atoms in total. The number of aliphatic imine (C=N–C) groups is 2. The van der Waals surface area contributed by atoms with Crippen LogP contribution in [-0.4, -0.2) is 23.5 Å². The van der Waals surface area contributed by atoms with E-state index in [1.165, 1.54) is 6.42 Å². The van der Waals surface area contributed by atoms with Crippen molar-refractivity contribution >= 4 is 23.1 Å². The van der Waals surface area contributed by atoms with Crippen LogP contribution in [0.5, 0.6) is 0 Å². The topological polar surface area (TPSA) is 37.6 Å². The van der Waals surface area contributed by atoms with Crippen molar-refractivity contribution < 1.29 is 0 Å². The molecule has 0 spiro atoms. The Hall–Kier alpha value is -3.85. The number of pyridine rings is 1. The molecule has 3 aromatic rings. The highest BCUT2D eigenvalue weighted by Crippen LogP contribution is 2.33. The zero-order valence-electron chi connectivity index (χ0n) is 19.0. The van der Waals surface area contributed by atoms with Crippen molar-refractivity contribution in [3.8, 4) is 0 Å². The lowest BCUT2D eigenvalue weighted by Gasteiger charge is -2.22. The van der Waals surface area contributed by atoms with Crippen LogP contribution in [-0.2, 0) is 0 Å². The Balaban J connectivity index is 0.000000913. The first kappa shape index (κ1) is 22.8. The molecule has 1 aromatic heterocycles. The van der Waals surface area contributed by atoms with Gasteiger partial charge in [-0.05, 0) is 29.3 Å². The van der Waals surface area contributed by atoms with Crippen LogP contribution in [0, 0.1) is 0 Å². The van der Waals surface area contributed by atoms with Gasteiger partial charge in [-0.1, -0.05) is 93.6 Å². The van der Waals surface area contributed by atoms with Crippen molar-refractivity contribution in [1.82, 2.24) is 4.98 Å². The second-order valence-corrected chi connectivity index (χ2v) is 7.32. The Bertz CT molecular complexity index is 1150. The van der Waals surface area contributed by atoms with Gasteiger partial charge in [-0.15, -0.1) is 0 Å². The van der Waals surface area contributed by atoms with Crippen LogP contribution in [0.25, 0.3) is 11.6 Å². The van der Waals surface area contributed by atoms with E-state index in [1.54, 1.807) is 19.4 Å². The predicted molar refractivity (Wildman–Crippen MR) is 138 cm³/mol. The molecule has 0 radical (unpaired) electrons. The van der Waals surface area contributed by atoms with E-state index in [9.17, 15) is 0 Å². The average Bonchev–Trinajstić information content (AvgIpc) is 2.84. The fourth-order valence-corrected chi connectivity index (χ4v) is 3.38. The van der Waals surface area contributed by atoms with Crippen molar-refractivity contribution in [3.05, 3.63) is 126 Å². The third kappa shape index (κ3) is 5.44. The number of nitrogens with zero attached hydrogens (tertiary/aromatic N) is 3. The molecule has 160 valence electrons. The number of allylic oxidation sites excluding steroid dienone is 3. The third-order valence-corrected chi connectivity index (χ3v) is 4.77. The summed E-state index contributed by atoms with van der Waals surface area (Å²) >= 11 is 0. The minimum absolute atomic E-state index is 0.816. The van der Waals surface area contributed by atoms with Crippen LogP contribution in [0.4, 0.5) is 0 Å². The zero-order chi connectivity index (χ0) is 22.8. The smallest absolute Gasteiger partial charge is 0.0967 e. The van der Waals surface area contributed by atoms with Crippen LogP contribution in [0.15, 0.2) is 119 Å². The monoisotopic (exact) mass is 419 g/mol. The highest BCUT2D eigenvalue weighted by atomic mass is 14.8. The molecule has 32 heavy (non-hydrogen) atoms. The molecule has 0 saturated carbocycles. The van der Waals surface area contributed by atoms with Gasteiger partial charge in [0.1, 0.15) is 0 Å². The van der Waals surface area contributed by atoms with Crippen LogP contribution in [0.2, 0.25) is 0 Å². The Morgan fingerprint density at radius 3 is 1.94 bits per heavy atom.